The molecule has 0 spiro atoms. The molecule has 0 aromatic carbocycles. The Balaban J connectivity index is 1.98. The first-order chi connectivity index (χ1) is 10.1. The maximum absolute atomic E-state index is 12.7. The molecular weight excluding hydrogens is 284 g/mol. The van der Waals surface area contributed by atoms with E-state index in [0.717, 1.165) is 5.56 Å². The molecule has 2 atom stereocenters. The van der Waals surface area contributed by atoms with Gasteiger partial charge >= 0.3 is 0 Å². The van der Waals surface area contributed by atoms with Gasteiger partial charge in [0.2, 0.25) is 0 Å². The molecule has 1 aliphatic heterocycles. The van der Waals surface area contributed by atoms with Gasteiger partial charge in [-0.15, -0.1) is 0 Å². The van der Waals surface area contributed by atoms with Crippen molar-refractivity contribution in [3.8, 4) is 11.3 Å². The smallest absolute Gasteiger partial charge is 0.277 e. The minimum absolute atomic E-state index is 0.0403. The van der Waals surface area contributed by atoms with Crippen molar-refractivity contribution < 1.29 is 4.79 Å². The number of nitrogens with two attached hydrogens (primary N) is 1. The number of nitrogens with zero attached hydrogens (tertiary/aromatic N) is 3. The average Bonchev–Trinajstić information content (AvgIpc) is 3.09. The van der Waals surface area contributed by atoms with E-state index in [9.17, 15) is 4.79 Å². The molecule has 1 aliphatic rings. The summed E-state index contributed by atoms with van der Waals surface area (Å²) < 4.78 is 0. The van der Waals surface area contributed by atoms with Crippen molar-refractivity contribution in [2.24, 2.45) is 0 Å². The number of nitrogen functional groups attached to an aromatic ring is 1. The maximum Gasteiger partial charge on any atom is 0.277 e. The standard InChI is InChI=1S/C15H16N4OS/c1-9-3-4-10(2)19(9)15(20)13-14(16)17-7-12(18-13)11-5-6-21-8-11/h3-10H,1-2H3,(H2,16,17)/t9-,10-/m1/s1. The molecule has 0 aliphatic carbocycles. The fraction of sp³-hybridized carbons (Fsp3) is 0.267. The molecule has 3 rings (SSSR count). The highest BCUT2D eigenvalue weighted by Gasteiger charge is 2.30. The van der Waals surface area contributed by atoms with Gasteiger partial charge in [-0.05, 0) is 25.3 Å². The van der Waals surface area contributed by atoms with E-state index in [0.29, 0.717) is 5.69 Å². The Kier molecular flexibility index (Phi) is 3.47. The Morgan fingerprint density at radius 2 is 2.05 bits per heavy atom. The Morgan fingerprint density at radius 1 is 1.33 bits per heavy atom. The van der Waals surface area contributed by atoms with Crippen molar-refractivity contribution in [3.63, 3.8) is 0 Å². The zero-order valence-electron chi connectivity index (χ0n) is 11.9. The Bertz CT molecular complexity index is 684. The number of carbonyl (C=O) groups excluding carboxylic acids is 1. The highest BCUT2D eigenvalue weighted by Crippen LogP contribution is 2.24. The van der Waals surface area contributed by atoms with Gasteiger partial charge in [0.25, 0.3) is 5.91 Å². The third kappa shape index (κ3) is 2.42. The van der Waals surface area contributed by atoms with Crippen LogP contribution in [0.3, 0.4) is 0 Å². The van der Waals surface area contributed by atoms with Crippen molar-refractivity contribution in [3.05, 3.63) is 40.9 Å². The molecule has 2 aromatic heterocycles. The van der Waals surface area contributed by atoms with Gasteiger partial charge in [0, 0.05) is 23.0 Å². The molecule has 0 saturated heterocycles. The lowest BCUT2D eigenvalue weighted by atomic mass is 10.2. The number of hydrogen-bond acceptors (Lipinski definition) is 5. The van der Waals surface area contributed by atoms with Crippen LogP contribution >= 0.6 is 11.3 Å². The Labute approximate surface area is 127 Å². The third-order valence-electron chi connectivity index (χ3n) is 3.60. The van der Waals surface area contributed by atoms with E-state index in [4.69, 9.17) is 5.73 Å². The molecule has 108 valence electrons. The normalized spacial score (nSPS) is 21.0. The van der Waals surface area contributed by atoms with E-state index >= 15 is 0 Å². The largest absolute Gasteiger partial charge is 0.382 e. The maximum atomic E-state index is 12.7. The van der Waals surface area contributed by atoms with E-state index in [1.54, 1.807) is 22.4 Å². The van der Waals surface area contributed by atoms with Gasteiger partial charge in [0.05, 0.1) is 11.9 Å². The number of thiophene rings is 1. The van der Waals surface area contributed by atoms with Crippen LogP contribution in [0.4, 0.5) is 5.82 Å². The molecule has 21 heavy (non-hydrogen) atoms. The van der Waals surface area contributed by atoms with Gasteiger partial charge in [-0.3, -0.25) is 4.79 Å². The number of hydrogen-bond donors (Lipinski definition) is 1. The van der Waals surface area contributed by atoms with Crippen molar-refractivity contribution in [1.29, 1.82) is 0 Å². The fourth-order valence-corrected chi connectivity index (χ4v) is 3.12. The zero-order valence-corrected chi connectivity index (χ0v) is 12.7. The van der Waals surface area contributed by atoms with Gasteiger partial charge in [-0.25, -0.2) is 9.97 Å². The topological polar surface area (TPSA) is 72.1 Å². The summed E-state index contributed by atoms with van der Waals surface area (Å²) in [6, 6.07) is 2.03. The summed E-state index contributed by atoms with van der Waals surface area (Å²) in [6.45, 7) is 3.95. The summed E-state index contributed by atoms with van der Waals surface area (Å²) in [5.74, 6) is -0.00707. The van der Waals surface area contributed by atoms with Crippen LogP contribution in [0, 0.1) is 0 Å². The number of carbonyl (C=O) groups is 1. The number of anilines is 1. The lowest BCUT2D eigenvalue weighted by Gasteiger charge is -2.26. The molecular formula is C15H16N4OS. The second-order valence-corrected chi connectivity index (χ2v) is 5.86. The predicted octanol–water partition coefficient (Wildman–Crippen LogP) is 2.58. The second kappa shape index (κ2) is 5.29. The van der Waals surface area contributed by atoms with Gasteiger partial charge in [-0.1, -0.05) is 12.2 Å². The van der Waals surface area contributed by atoms with Crippen LogP contribution in [0.1, 0.15) is 24.3 Å². The minimum atomic E-state index is -0.179. The van der Waals surface area contributed by atoms with Crippen molar-refractivity contribution in [1.82, 2.24) is 14.9 Å². The predicted molar refractivity (Wildman–Crippen MR) is 84.0 cm³/mol. The first-order valence-electron chi connectivity index (χ1n) is 6.74. The molecule has 0 bridgehead atoms. The fourth-order valence-electron chi connectivity index (χ4n) is 2.48. The van der Waals surface area contributed by atoms with Crippen molar-refractivity contribution >= 4 is 23.1 Å². The number of rotatable bonds is 2. The quantitative estimate of drug-likeness (QED) is 0.865. The molecule has 0 unspecified atom stereocenters. The lowest BCUT2D eigenvalue weighted by molar-refractivity contribution is 0.0704. The van der Waals surface area contributed by atoms with Crippen LogP contribution in [0.15, 0.2) is 35.2 Å². The SMILES string of the molecule is C[C@@H]1C=C[C@@H](C)N1C(=O)c1nc(-c2ccsc2)cnc1N. The monoisotopic (exact) mass is 300 g/mol. The summed E-state index contributed by atoms with van der Waals surface area (Å²) in [4.78, 5) is 23.0. The third-order valence-corrected chi connectivity index (χ3v) is 4.28. The van der Waals surface area contributed by atoms with E-state index in [1.807, 2.05) is 42.8 Å². The molecule has 2 N–H and O–H groups in total. The van der Waals surface area contributed by atoms with E-state index in [2.05, 4.69) is 9.97 Å². The number of aromatic nitrogens is 2. The van der Waals surface area contributed by atoms with Crippen LogP contribution in [-0.4, -0.2) is 32.9 Å². The van der Waals surface area contributed by atoms with Crippen LogP contribution in [0.5, 0.6) is 0 Å². The zero-order chi connectivity index (χ0) is 15.0. The minimum Gasteiger partial charge on any atom is -0.382 e. The highest BCUT2D eigenvalue weighted by molar-refractivity contribution is 7.08. The van der Waals surface area contributed by atoms with Crippen LogP contribution in [0.2, 0.25) is 0 Å². The average molecular weight is 300 g/mol. The van der Waals surface area contributed by atoms with E-state index in [-0.39, 0.29) is 29.5 Å². The summed E-state index contributed by atoms with van der Waals surface area (Å²) in [5.41, 5.74) is 7.70. The Hall–Kier alpha value is -2.21. The molecule has 1 amide bonds. The molecule has 3 heterocycles. The molecule has 2 aromatic rings. The van der Waals surface area contributed by atoms with Gasteiger partial charge in [-0.2, -0.15) is 11.3 Å². The number of amides is 1. The van der Waals surface area contributed by atoms with Gasteiger partial charge in [0.15, 0.2) is 11.5 Å². The van der Waals surface area contributed by atoms with Crippen LogP contribution in [-0.2, 0) is 0 Å². The second-order valence-electron chi connectivity index (χ2n) is 5.08. The molecule has 0 radical (unpaired) electrons. The Morgan fingerprint density at radius 3 is 2.67 bits per heavy atom. The van der Waals surface area contributed by atoms with Gasteiger partial charge in [0.1, 0.15) is 0 Å². The van der Waals surface area contributed by atoms with Crippen LogP contribution < -0.4 is 5.73 Å². The lowest BCUT2D eigenvalue weighted by Crippen LogP contribution is -2.40. The summed E-state index contributed by atoms with van der Waals surface area (Å²) >= 11 is 1.57. The van der Waals surface area contributed by atoms with Gasteiger partial charge < -0.3 is 10.6 Å². The highest BCUT2D eigenvalue weighted by atomic mass is 32.1. The van der Waals surface area contributed by atoms with Crippen molar-refractivity contribution in [2.75, 3.05) is 5.73 Å². The summed E-state index contributed by atoms with van der Waals surface area (Å²) in [7, 11) is 0. The molecule has 0 fully saturated rings. The van der Waals surface area contributed by atoms with E-state index < -0.39 is 0 Å². The molecule has 5 nitrogen and oxygen atoms in total. The van der Waals surface area contributed by atoms with Crippen LogP contribution in [0.25, 0.3) is 11.3 Å². The summed E-state index contributed by atoms with van der Waals surface area (Å²) in [6.07, 6.45) is 5.62. The molecule has 0 saturated carbocycles. The van der Waals surface area contributed by atoms with E-state index in [1.165, 1.54) is 0 Å². The van der Waals surface area contributed by atoms with Crippen molar-refractivity contribution in [2.45, 2.75) is 25.9 Å². The first kappa shape index (κ1) is 13.8. The molecule has 6 heteroatoms. The summed E-state index contributed by atoms with van der Waals surface area (Å²) in [5, 5.41) is 3.93. The first-order valence-corrected chi connectivity index (χ1v) is 7.68.